The van der Waals surface area contributed by atoms with Gasteiger partial charge in [0.05, 0.1) is 14.2 Å². The minimum atomic E-state index is -0.237. The number of methoxy groups -OCH3 is 2. The lowest BCUT2D eigenvalue weighted by Gasteiger charge is -2.10. The van der Waals surface area contributed by atoms with Crippen molar-refractivity contribution in [3.05, 3.63) is 23.8 Å². The van der Waals surface area contributed by atoms with E-state index in [4.69, 9.17) is 9.47 Å². The molecule has 2 N–H and O–H groups in total. The second-order valence-corrected chi connectivity index (χ2v) is 5.42. The molecule has 0 saturated heterocycles. The highest BCUT2D eigenvalue weighted by molar-refractivity contribution is 5.82. The Morgan fingerprint density at radius 1 is 1.00 bits per heavy atom. The molecule has 6 nitrogen and oxygen atoms in total. The molecule has 0 aliphatic rings. The summed E-state index contributed by atoms with van der Waals surface area (Å²) in [5.41, 5.74) is 5.75. The lowest BCUT2D eigenvalue weighted by atomic mass is 10.1. The average Bonchev–Trinajstić information content (AvgIpc) is 2.49. The van der Waals surface area contributed by atoms with E-state index < -0.39 is 0 Å². The summed E-state index contributed by atoms with van der Waals surface area (Å²) in [6.45, 7) is 3.88. The van der Waals surface area contributed by atoms with Crippen molar-refractivity contribution in [1.29, 1.82) is 0 Å². The van der Waals surface area contributed by atoms with Crippen LogP contribution in [0.5, 0.6) is 11.5 Å². The van der Waals surface area contributed by atoms with E-state index in [0.29, 0.717) is 24.3 Å². The van der Waals surface area contributed by atoms with Gasteiger partial charge < -0.3 is 9.47 Å². The van der Waals surface area contributed by atoms with Crippen molar-refractivity contribution in [2.75, 3.05) is 14.2 Å². The summed E-state index contributed by atoms with van der Waals surface area (Å²) >= 11 is 0. The van der Waals surface area contributed by atoms with Crippen molar-refractivity contribution in [3.8, 4) is 11.5 Å². The van der Waals surface area contributed by atoms with Crippen LogP contribution in [0.2, 0.25) is 0 Å². The fraction of sp³-hybridized carbons (Fsp3) is 0.500. The summed E-state index contributed by atoms with van der Waals surface area (Å²) in [6.07, 6.45) is 1.17. The number of hydrazine groups is 1. The molecule has 1 aromatic carbocycles. The van der Waals surface area contributed by atoms with E-state index >= 15 is 0 Å². The quantitative estimate of drug-likeness (QED) is 0.753. The number of nitrogens with one attached hydrogen (secondary N) is 2. The van der Waals surface area contributed by atoms with Gasteiger partial charge in [-0.1, -0.05) is 13.8 Å². The van der Waals surface area contributed by atoms with Gasteiger partial charge in [-0.3, -0.25) is 20.4 Å². The van der Waals surface area contributed by atoms with Gasteiger partial charge in [-0.25, -0.2) is 0 Å². The summed E-state index contributed by atoms with van der Waals surface area (Å²) in [4.78, 5) is 23.2. The number of carbonyl (C=O) groups excluding carboxylic acids is 2. The zero-order valence-corrected chi connectivity index (χ0v) is 13.6. The standard InChI is InChI=1S/C16H24N2O4/c1-11(2)7-16(20)18-17-15(19)6-5-12-8-13(21-3)10-14(9-12)22-4/h8-11H,5-7H2,1-4H3,(H,17,19)(H,18,20). The second-order valence-electron chi connectivity index (χ2n) is 5.42. The third-order valence-corrected chi connectivity index (χ3v) is 2.99. The van der Waals surface area contributed by atoms with Gasteiger partial charge in [-0.15, -0.1) is 0 Å². The van der Waals surface area contributed by atoms with Crippen LogP contribution in [0.25, 0.3) is 0 Å². The second kappa shape index (κ2) is 8.92. The predicted octanol–water partition coefficient (Wildman–Crippen LogP) is 1.83. The number of rotatable bonds is 7. The first-order valence-electron chi connectivity index (χ1n) is 7.24. The van der Waals surface area contributed by atoms with Gasteiger partial charge in [0.15, 0.2) is 0 Å². The average molecular weight is 308 g/mol. The maximum Gasteiger partial charge on any atom is 0.238 e. The van der Waals surface area contributed by atoms with Crippen molar-refractivity contribution >= 4 is 11.8 Å². The van der Waals surface area contributed by atoms with Gasteiger partial charge in [0, 0.05) is 18.9 Å². The molecule has 0 fully saturated rings. The fourth-order valence-electron chi connectivity index (χ4n) is 1.89. The highest BCUT2D eigenvalue weighted by atomic mass is 16.5. The molecule has 0 aromatic heterocycles. The number of hydrogen-bond acceptors (Lipinski definition) is 4. The highest BCUT2D eigenvalue weighted by Crippen LogP contribution is 2.23. The molecule has 0 spiro atoms. The van der Waals surface area contributed by atoms with E-state index in [-0.39, 0.29) is 24.2 Å². The number of aryl methyl sites for hydroxylation is 1. The Balaban J connectivity index is 2.45. The maximum atomic E-state index is 11.7. The van der Waals surface area contributed by atoms with E-state index in [2.05, 4.69) is 10.9 Å². The van der Waals surface area contributed by atoms with Crippen LogP contribution in [0.1, 0.15) is 32.3 Å². The Labute approximate surface area is 131 Å². The lowest BCUT2D eigenvalue weighted by molar-refractivity contribution is -0.129. The molecular weight excluding hydrogens is 284 g/mol. The molecule has 0 unspecified atom stereocenters. The maximum absolute atomic E-state index is 11.7. The predicted molar refractivity (Wildman–Crippen MR) is 83.6 cm³/mol. The minimum Gasteiger partial charge on any atom is -0.497 e. The molecule has 6 heteroatoms. The van der Waals surface area contributed by atoms with Crippen molar-refractivity contribution in [2.45, 2.75) is 33.1 Å². The molecule has 0 aliphatic carbocycles. The van der Waals surface area contributed by atoms with E-state index in [1.54, 1.807) is 20.3 Å². The van der Waals surface area contributed by atoms with Gasteiger partial charge in [0.25, 0.3) is 0 Å². The smallest absolute Gasteiger partial charge is 0.238 e. The molecule has 0 heterocycles. The fourth-order valence-corrected chi connectivity index (χ4v) is 1.89. The van der Waals surface area contributed by atoms with E-state index in [0.717, 1.165) is 5.56 Å². The number of amides is 2. The summed E-state index contributed by atoms with van der Waals surface area (Å²) in [5, 5.41) is 0. The molecular formula is C16H24N2O4. The van der Waals surface area contributed by atoms with Crippen LogP contribution in [-0.4, -0.2) is 26.0 Å². The third-order valence-electron chi connectivity index (χ3n) is 2.99. The largest absolute Gasteiger partial charge is 0.497 e. The number of ether oxygens (including phenoxy) is 2. The van der Waals surface area contributed by atoms with Crippen molar-refractivity contribution in [2.24, 2.45) is 5.92 Å². The summed E-state index contributed by atoms with van der Waals surface area (Å²) in [5.74, 6) is 1.19. The molecule has 0 radical (unpaired) electrons. The zero-order chi connectivity index (χ0) is 16.5. The van der Waals surface area contributed by atoms with E-state index in [1.807, 2.05) is 26.0 Å². The van der Waals surface area contributed by atoms with Crippen LogP contribution < -0.4 is 20.3 Å². The van der Waals surface area contributed by atoms with E-state index in [1.165, 1.54) is 0 Å². The number of hydrogen-bond donors (Lipinski definition) is 2. The Kier molecular flexibility index (Phi) is 7.22. The molecule has 0 saturated carbocycles. The Hall–Kier alpha value is -2.24. The van der Waals surface area contributed by atoms with Crippen LogP contribution >= 0.6 is 0 Å². The topological polar surface area (TPSA) is 76.7 Å². The molecule has 0 bridgehead atoms. The van der Waals surface area contributed by atoms with Gasteiger partial charge in [0.1, 0.15) is 11.5 Å². The molecule has 22 heavy (non-hydrogen) atoms. The minimum absolute atomic E-state index is 0.189. The van der Waals surface area contributed by atoms with Gasteiger partial charge in [-0.2, -0.15) is 0 Å². The Bertz CT molecular complexity index is 493. The number of benzene rings is 1. The first-order chi connectivity index (χ1) is 10.4. The summed E-state index contributed by atoms with van der Waals surface area (Å²) < 4.78 is 10.4. The zero-order valence-electron chi connectivity index (χ0n) is 13.6. The number of carbonyl (C=O) groups is 2. The van der Waals surface area contributed by atoms with Crippen LogP contribution in [0.4, 0.5) is 0 Å². The monoisotopic (exact) mass is 308 g/mol. The lowest BCUT2D eigenvalue weighted by Crippen LogP contribution is -2.42. The van der Waals surface area contributed by atoms with Gasteiger partial charge in [-0.05, 0) is 30.0 Å². The van der Waals surface area contributed by atoms with Crippen LogP contribution in [0, 0.1) is 5.92 Å². The Morgan fingerprint density at radius 3 is 2.05 bits per heavy atom. The molecule has 2 amide bonds. The third kappa shape index (κ3) is 6.47. The first-order valence-corrected chi connectivity index (χ1v) is 7.24. The highest BCUT2D eigenvalue weighted by Gasteiger charge is 2.08. The molecule has 1 aromatic rings. The molecule has 0 aliphatic heterocycles. The van der Waals surface area contributed by atoms with Crippen molar-refractivity contribution in [1.82, 2.24) is 10.9 Å². The van der Waals surface area contributed by atoms with Crippen LogP contribution in [0.15, 0.2) is 18.2 Å². The SMILES string of the molecule is COc1cc(CCC(=O)NNC(=O)CC(C)C)cc(OC)c1. The Morgan fingerprint density at radius 2 is 1.55 bits per heavy atom. The van der Waals surface area contributed by atoms with Crippen molar-refractivity contribution < 1.29 is 19.1 Å². The van der Waals surface area contributed by atoms with E-state index in [9.17, 15) is 9.59 Å². The van der Waals surface area contributed by atoms with Gasteiger partial charge >= 0.3 is 0 Å². The summed E-state index contributed by atoms with van der Waals surface area (Å²) in [7, 11) is 3.16. The molecule has 0 atom stereocenters. The van der Waals surface area contributed by atoms with Crippen LogP contribution in [0.3, 0.4) is 0 Å². The first kappa shape index (κ1) is 17.8. The molecule has 122 valence electrons. The summed E-state index contributed by atoms with van der Waals surface area (Å²) in [6, 6.07) is 5.48. The van der Waals surface area contributed by atoms with Crippen molar-refractivity contribution in [3.63, 3.8) is 0 Å². The normalized spacial score (nSPS) is 10.2. The van der Waals surface area contributed by atoms with Gasteiger partial charge in [0.2, 0.25) is 11.8 Å². The molecule has 1 rings (SSSR count). The van der Waals surface area contributed by atoms with Crippen LogP contribution in [-0.2, 0) is 16.0 Å².